The summed E-state index contributed by atoms with van der Waals surface area (Å²) in [5, 5.41) is 6.77. The maximum atomic E-state index is 12.0. The van der Waals surface area contributed by atoms with Crippen LogP contribution in [0.1, 0.15) is 47.2 Å². The molecular formula is C30H28N4O5S. The number of amides is 1. The molecule has 1 aliphatic rings. The van der Waals surface area contributed by atoms with Gasteiger partial charge in [0.25, 0.3) is 0 Å². The Hall–Kier alpha value is -4.70. The number of pyridine rings is 1. The van der Waals surface area contributed by atoms with E-state index >= 15 is 0 Å². The zero-order chi connectivity index (χ0) is 28.2. The number of benzene rings is 2. The summed E-state index contributed by atoms with van der Waals surface area (Å²) in [5.74, 6) is 1.30. The van der Waals surface area contributed by atoms with Gasteiger partial charge in [0.2, 0.25) is 5.91 Å². The van der Waals surface area contributed by atoms with Gasteiger partial charge in [0.15, 0.2) is 5.11 Å². The van der Waals surface area contributed by atoms with Crippen LogP contribution in [-0.2, 0) is 9.53 Å². The third kappa shape index (κ3) is 5.26. The van der Waals surface area contributed by atoms with Crippen molar-refractivity contribution in [2.75, 3.05) is 24.4 Å². The van der Waals surface area contributed by atoms with Crippen molar-refractivity contribution < 1.29 is 23.5 Å². The predicted molar refractivity (Wildman–Crippen MR) is 155 cm³/mol. The molecule has 4 aromatic rings. The van der Waals surface area contributed by atoms with Crippen molar-refractivity contribution in [2.45, 2.75) is 25.4 Å². The number of carbonyl (C=O) groups excluding carboxylic acids is 2. The van der Waals surface area contributed by atoms with E-state index in [1.807, 2.05) is 59.5 Å². The van der Waals surface area contributed by atoms with Gasteiger partial charge < -0.3 is 29.4 Å². The number of furan rings is 1. The van der Waals surface area contributed by atoms with Gasteiger partial charge in [0.05, 0.1) is 37.2 Å². The summed E-state index contributed by atoms with van der Waals surface area (Å²) in [6, 6.07) is 21.4. The van der Waals surface area contributed by atoms with E-state index in [0.29, 0.717) is 40.1 Å². The van der Waals surface area contributed by atoms with Crippen LogP contribution in [0.15, 0.2) is 83.4 Å². The van der Waals surface area contributed by atoms with Gasteiger partial charge in [0, 0.05) is 29.9 Å². The van der Waals surface area contributed by atoms with E-state index in [-0.39, 0.29) is 18.0 Å². The molecule has 204 valence electrons. The van der Waals surface area contributed by atoms with Crippen LogP contribution in [0.25, 0.3) is 11.3 Å². The number of methoxy groups -OCH3 is 2. The normalized spacial score (nSPS) is 16.4. The monoisotopic (exact) mass is 556 g/mol. The second kappa shape index (κ2) is 11.6. The van der Waals surface area contributed by atoms with Gasteiger partial charge in [-0.15, -0.1) is 0 Å². The molecule has 1 aliphatic heterocycles. The minimum absolute atomic E-state index is 0.111. The first-order valence-corrected chi connectivity index (χ1v) is 13.1. The van der Waals surface area contributed by atoms with E-state index in [1.54, 1.807) is 38.4 Å². The van der Waals surface area contributed by atoms with E-state index in [4.69, 9.17) is 26.1 Å². The molecule has 5 rings (SSSR count). The molecule has 0 spiro atoms. The highest BCUT2D eigenvalue weighted by atomic mass is 32.1. The molecule has 3 heterocycles. The summed E-state index contributed by atoms with van der Waals surface area (Å²) in [6.07, 6.45) is 2.09. The molecule has 0 bridgehead atoms. The number of hydrogen-bond acceptors (Lipinski definition) is 7. The quantitative estimate of drug-likeness (QED) is 0.210. The van der Waals surface area contributed by atoms with E-state index in [9.17, 15) is 9.59 Å². The van der Waals surface area contributed by atoms with Crippen molar-refractivity contribution >= 4 is 40.6 Å². The lowest BCUT2D eigenvalue weighted by atomic mass is 10.0. The van der Waals surface area contributed by atoms with E-state index in [2.05, 4.69) is 15.6 Å². The number of ether oxygens (including phenoxy) is 2. The predicted octanol–water partition coefficient (Wildman–Crippen LogP) is 5.66. The number of rotatable bonds is 8. The smallest absolute Gasteiger partial charge is 0.337 e. The van der Waals surface area contributed by atoms with Gasteiger partial charge in [0.1, 0.15) is 23.3 Å². The number of nitrogens with zero attached hydrogens (tertiary/aromatic N) is 2. The summed E-state index contributed by atoms with van der Waals surface area (Å²) in [6.45, 7) is 1.79. The zero-order valence-corrected chi connectivity index (χ0v) is 23.0. The Morgan fingerprint density at radius 2 is 1.88 bits per heavy atom. The minimum atomic E-state index is -0.401. The first-order valence-electron chi connectivity index (χ1n) is 12.7. The molecule has 0 radical (unpaired) electrons. The third-order valence-electron chi connectivity index (χ3n) is 6.67. The third-order valence-corrected chi connectivity index (χ3v) is 6.98. The lowest BCUT2D eigenvalue weighted by molar-refractivity contribution is -0.115. The fourth-order valence-electron chi connectivity index (χ4n) is 4.65. The Kier molecular flexibility index (Phi) is 7.79. The van der Waals surface area contributed by atoms with Crippen LogP contribution in [0.2, 0.25) is 0 Å². The molecule has 2 N–H and O–H groups in total. The molecule has 1 amide bonds. The molecule has 2 aromatic carbocycles. The second-order valence-electron chi connectivity index (χ2n) is 9.05. The van der Waals surface area contributed by atoms with Crippen molar-refractivity contribution in [3.63, 3.8) is 0 Å². The molecule has 1 fully saturated rings. The number of carbonyl (C=O) groups is 2. The first kappa shape index (κ1) is 26.9. The van der Waals surface area contributed by atoms with E-state index in [1.165, 1.54) is 7.11 Å². The topological polar surface area (TPSA) is 106 Å². The summed E-state index contributed by atoms with van der Waals surface area (Å²) in [4.78, 5) is 30.4. The van der Waals surface area contributed by atoms with Gasteiger partial charge in [-0.1, -0.05) is 25.1 Å². The van der Waals surface area contributed by atoms with Crippen LogP contribution in [-0.4, -0.2) is 36.2 Å². The van der Waals surface area contributed by atoms with Crippen molar-refractivity contribution in [3.8, 4) is 17.1 Å². The summed E-state index contributed by atoms with van der Waals surface area (Å²) >= 11 is 5.82. The lowest BCUT2D eigenvalue weighted by Crippen LogP contribution is -2.29. The molecule has 2 atom stereocenters. The Balaban J connectivity index is 1.54. The number of nitrogens with one attached hydrogen (secondary N) is 2. The van der Waals surface area contributed by atoms with Crippen molar-refractivity contribution in [2.24, 2.45) is 0 Å². The number of hydrogen-bond donors (Lipinski definition) is 2. The van der Waals surface area contributed by atoms with Crippen LogP contribution in [0.3, 0.4) is 0 Å². The standard InChI is InChI=1S/C30H28N4O5S/c1-4-26(35)32-21-13-12-20(17-25(21)37-2)34-28(27(33-30(34)40)22-7-5-6-16-31-22)24-15-14-23(39-24)18-8-10-19(11-9-18)29(36)38-3/h5-17,27-28H,4H2,1-3H3,(H,32,35)(H,33,40)/t27-,28-/m0/s1. The summed E-state index contributed by atoms with van der Waals surface area (Å²) in [5.41, 5.74) is 3.40. The Labute approximate surface area is 237 Å². The maximum absolute atomic E-state index is 12.0. The highest BCUT2D eigenvalue weighted by Crippen LogP contribution is 2.44. The first-order chi connectivity index (χ1) is 19.4. The van der Waals surface area contributed by atoms with Crippen LogP contribution in [0.4, 0.5) is 11.4 Å². The molecule has 0 saturated carbocycles. The maximum Gasteiger partial charge on any atom is 0.337 e. The fourth-order valence-corrected chi connectivity index (χ4v) is 4.99. The van der Waals surface area contributed by atoms with Crippen LogP contribution < -0.4 is 20.3 Å². The number of anilines is 2. The lowest BCUT2D eigenvalue weighted by Gasteiger charge is -2.27. The van der Waals surface area contributed by atoms with Gasteiger partial charge in [-0.05, 0) is 60.7 Å². The Morgan fingerprint density at radius 3 is 2.55 bits per heavy atom. The molecular weight excluding hydrogens is 528 g/mol. The van der Waals surface area contributed by atoms with Gasteiger partial charge in [-0.25, -0.2) is 4.79 Å². The Bertz CT molecular complexity index is 1540. The Morgan fingerprint density at radius 1 is 1.07 bits per heavy atom. The van der Waals surface area contributed by atoms with Gasteiger partial charge >= 0.3 is 5.97 Å². The number of thiocarbonyl (C=S) groups is 1. The SMILES string of the molecule is CCC(=O)Nc1ccc(N2C(=S)N[C@@H](c3ccccn3)[C@@H]2c2ccc(-c3ccc(C(=O)OC)cc3)o2)cc1OC. The molecule has 9 nitrogen and oxygen atoms in total. The molecule has 10 heteroatoms. The van der Waals surface area contributed by atoms with E-state index in [0.717, 1.165) is 16.9 Å². The summed E-state index contributed by atoms with van der Waals surface area (Å²) in [7, 11) is 2.91. The highest BCUT2D eigenvalue weighted by Gasteiger charge is 2.42. The minimum Gasteiger partial charge on any atom is -0.494 e. The van der Waals surface area contributed by atoms with E-state index < -0.39 is 5.97 Å². The summed E-state index contributed by atoms with van der Waals surface area (Å²) < 4.78 is 16.8. The van der Waals surface area contributed by atoms with Crippen molar-refractivity contribution in [1.29, 1.82) is 0 Å². The number of esters is 1. The van der Waals surface area contributed by atoms with Gasteiger partial charge in [-0.3, -0.25) is 9.78 Å². The van der Waals surface area contributed by atoms with Crippen LogP contribution in [0.5, 0.6) is 5.75 Å². The molecule has 0 aliphatic carbocycles. The van der Waals surface area contributed by atoms with Crippen molar-refractivity contribution in [3.05, 3.63) is 96.0 Å². The largest absolute Gasteiger partial charge is 0.494 e. The van der Waals surface area contributed by atoms with Gasteiger partial charge in [-0.2, -0.15) is 0 Å². The van der Waals surface area contributed by atoms with Crippen molar-refractivity contribution in [1.82, 2.24) is 10.3 Å². The fraction of sp³-hybridized carbons (Fsp3) is 0.200. The van der Waals surface area contributed by atoms with Crippen LogP contribution in [0, 0.1) is 0 Å². The molecule has 2 aromatic heterocycles. The van der Waals surface area contributed by atoms with Crippen LogP contribution >= 0.6 is 12.2 Å². The second-order valence-corrected chi connectivity index (χ2v) is 9.44. The zero-order valence-electron chi connectivity index (χ0n) is 22.2. The molecule has 40 heavy (non-hydrogen) atoms. The molecule has 0 unspecified atom stereocenters. The molecule has 1 saturated heterocycles. The average Bonchev–Trinajstić information content (AvgIpc) is 3.62. The highest BCUT2D eigenvalue weighted by molar-refractivity contribution is 7.80. The number of aromatic nitrogens is 1. The average molecular weight is 557 g/mol.